The summed E-state index contributed by atoms with van der Waals surface area (Å²) in [6.07, 6.45) is 0. The third kappa shape index (κ3) is 4.44. The maximum atomic E-state index is 12.2. The van der Waals surface area contributed by atoms with Crippen molar-refractivity contribution in [2.45, 2.75) is 6.92 Å². The fraction of sp³-hybridized carbons (Fsp3) is 0.188. The summed E-state index contributed by atoms with van der Waals surface area (Å²) in [7, 11) is 0. The van der Waals surface area contributed by atoms with Crippen LogP contribution in [-0.2, 0) is 0 Å². The van der Waals surface area contributed by atoms with Gasteiger partial charge in [0.25, 0.3) is 5.91 Å². The summed E-state index contributed by atoms with van der Waals surface area (Å²) in [6.45, 7) is 2.17. The van der Waals surface area contributed by atoms with Gasteiger partial charge in [-0.05, 0) is 71.5 Å². The average molecular weight is 475 g/mol. The topological polar surface area (TPSA) is 61.4 Å². The van der Waals surface area contributed by atoms with Gasteiger partial charge in [0.2, 0.25) is 0 Å². The van der Waals surface area contributed by atoms with E-state index in [0.29, 0.717) is 5.56 Å². The van der Waals surface area contributed by atoms with Gasteiger partial charge in [-0.1, -0.05) is 15.9 Å². The molecule has 0 aliphatic carbocycles. The highest BCUT2D eigenvalue weighted by molar-refractivity contribution is 14.1. The first-order chi connectivity index (χ1) is 10.5. The number of amides is 1. The first-order valence-electron chi connectivity index (χ1n) is 6.73. The molecule has 3 N–H and O–H groups in total. The number of aliphatic hydroxyl groups is 1. The van der Waals surface area contributed by atoms with Crippen LogP contribution in [0.1, 0.15) is 15.9 Å². The molecule has 0 heterocycles. The van der Waals surface area contributed by atoms with Crippen molar-refractivity contribution in [3.63, 3.8) is 0 Å². The largest absolute Gasteiger partial charge is 0.395 e. The molecular formula is C16H16BrIN2O2. The molecule has 0 unspecified atom stereocenters. The number of anilines is 2. The summed E-state index contributed by atoms with van der Waals surface area (Å²) in [5.74, 6) is -0.221. The monoisotopic (exact) mass is 474 g/mol. The lowest BCUT2D eigenvalue weighted by atomic mass is 10.1. The van der Waals surface area contributed by atoms with E-state index in [1.165, 1.54) is 0 Å². The van der Waals surface area contributed by atoms with Crippen LogP contribution in [0.3, 0.4) is 0 Å². The Hall–Kier alpha value is -1.12. The zero-order valence-corrected chi connectivity index (χ0v) is 15.7. The molecule has 0 aliphatic heterocycles. The van der Waals surface area contributed by atoms with Crippen molar-refractivity contribution >= 4 is 55.8 Å². The van der Waals surface area contributed by atoms with E-state index in [2.05, 4.69) is 55.2 Å². The fourth-order valence-electron chi connectivity index (χ4n) is 1.99. The van der Waals surface area contributed by atoms with Gasteiger partial charge in [-0.25, -0.2) is 0 Å². The maximum Gasteiger partial charge on any atom is 0.253 e. The predicted octanol–water partition coefficient (Wildman–Crippen LogP) is 3.83. The zero-order chi connectivity index (χ0) is 16.1. The lowest BCUT2D eigenvalue weighted by molar-refractivity contribution is 0.0945. The van der Waals surface area contributed by atoms with E-state index in [0.717, 1.165) is 25.0 Å². The molecule has 4 nitrogen and oxygen atoms in total. The molecule has 0 saturated heterocycles. The van der Waals surface area contributed by atoms with Gasteiger partial charge in [0, 0.05) is 20.3 Å². The molecule has 0 radical (unpaired) electrons. The Bertz CT molecular complexity index is 692. The van der Waals surface area contributed by atoms with E-state index >= 15 is 0 Å². The Kier molecular flexibility index (Phi) is 6.22. The minimum absolute atomic E-state index is 0.0846. The van der Waals surface area contributed by atoms with Gasteiger partial charge in [0.1, 0.15) is 0 Å². The molecule has 2 aromatic rings. The number of nitrogens with one attached hydrogen (secondary N) is 2. The van der Waals surface area contributed by atoms with Gasteiger partial charge < -0.3 is 15.7 Å². The van der Waals surface area contributed by atoms with Gasteiger partial charge in [-0.15, -0.1) is 0 Å². The molecule has 0 aliphatic rings. The standard InChI is InChI=1S/C16H16BrIN2O2/c1-10-8-12(18)3-5-14(10)20-15-4-2-11(17)9-13(15)16(22)19-6-7-21/h2-5,8-9,20-21H,6-7H2,1H3,(H,19,22). The summed E-state index contributed by atoms with van der Waals surface area (Å²) >= 11 is 5.65. The van der Waals surface area contributed by atoms with Gasteiger partial charge in [0.15, 0.2) is 0 Å². The zero-order valence-electron chi connectivity index (χ0n) is 12.0. The van der Waals surface area contributed by atoms with Crippen LogP contribution in [0.15, 0.2) is 40.9 Å². The van der Waals surface area contributed by atoms with E-state index in [9.17, 15) is 4.79 Å². The first-order valence-corrected chi connectivity index (χ1v) is 8.60. The molecule has 6 heteroatoms. The quantitative estimate of drug-likeness (QED) is 0.577. The van der Waals surface area contributed by atoms with Crippen LogP contribution in [0.25, 0.3) is 0 Å². The molecule has 0 bridgehead atoms. The number of carbonyl (C=O) groups is 1. The molecule has 0 atom stereocenters. The van der Waals surface area contributed by atoms with Crippen LogP contribution in [0.2, 0.25) is 0 Å². The molecule has 116 valence electrons. The number of halogens is 2. The van der Waals surface area contributed by atoms with Crippen molar-refractivity contribution in [2.24, 2.45) is 0 Å². The van der Waals surface area contributed by atoms with Gasteiger partial charge in [-0.3, -0.25) is 4.79 Å². The van der Waals surface area contributed by atoms with Gasteiger partial charge >= 0.3 is 0 Å². The highest BCUT2D eigenvalue weighted by Crippen LogP contribution is 2.27. The summed E-state index contributed by atoms with van der Waals surface area (Å²) in [5.41, 5.74) is 3.32. The van der Waals surface area contributed by atoms with Crippen molar-refractivity contribution in [2.75, 3.05) is 18.5 Å². The SMILES string of the molecule is Cc1cc(I)ccc1Nc1ccc(Br)cc1C(=O)NCCO. The number of aryl methyl sites for hydroxylation is 1. The Morgan fingerprint density at radius 1 is 1.23 bits per heavy atom. The van der Waals surface area contributed by atoms with Crippen molar-refractivity contribution in [3.8, 4) is 0 Å². The van der Waals surface area contributed by atoms with Crippen molar-refractivity contribution in [1.29, 1.82) is 0 Å². The second-order valence-corrected chi connectivity index (χ2v) is 6.91. The smallest absolute Gasteiger partial charge is 0.253 e. The maximum absolute atomic E-state index is 12.2. The molecule has 2 aromatic carbocycles. The molecular weight excluding hydrogens is 459 g/mol. The summed E-state index contributed by atoms with van der Waals surface area (Å²) in [6, 6.07) is 11.6. The second kappa shape index (κ2) is 7.94. The van der Waals surface area contributed by atoms with Crippen molar-refractivity contribution < 1.29 is 9.90 Å². The lowest BCUT2D eigenvalue weighted by Crippen LogP contribution is -2.27. The minimum atomic E-state index is -0.221. The van der Waals surface area contributed by atoms with E-state index in [1.807, 2.05) is 31.2 Å². The summed E-state index contributed by atoms with van der Waals surface area (Å²) in [5, 5.41) is 14.8. The van der Waals surface area contributed by atoms with E-state index in [1.54, 1.807) is 6.07 Å². The predicted molar refractivity (Wildman–Crippen MR) is 101 cm³/mol. The average Bonchev–Trinajstić information content (AvgIpc) is 2.49. The van der Waals surface area contributed by atoms with E-state index in [-0.39, 0.29) is 19.1 Å². The van der Waals surface area contributed by atoms with E-state index < -0.39 is 0 Å². The van der Waals surface area contributed by atoms with Crippen LogP contribution >= 0.6 is 38.5 Å². The Morgan fingerprint density at radius 3 is 2.64 bits per heavy atom. The highest BCUT2D eigenvalue weighted by atomic mass is 127. The third-order valence-electron chi connectivity index (χ3n) is 3.08. The number of rotatable bonds is 5. The third-order valence-corrected chi connectivity index (χ3v) is 4.25. The highest BCUT2D eigenvalue weighted by Gasteiger charge is 2.12. The minimum Gasteiger partial charge on any atom is -0.395 e. The number of hydrogen-bond acceptors (Lipinski definition) is 3. The van der Waals surface area contributed by atoms with Crippen molar-refractivity contribution in [1.82, 2.24) is 5.32 Å². The molecule has 0 saturated carbocycles. The molecule has 2 rings (SSSR count). The molecule has 22 heavy (non-hydrogen) atoms. The van der Waals surface area contributed by atoms with Crippen LogP contribution in [-0.4, -0.2) is 24.2 Å². The van der Waals surface area contributed by atoms with Gasteiger partial charge in [-0.2, -0.15) is 0 Å². The number of benzene rings is 2. The fourth-order valence-corrected chi connectivity index (χ4v) is 3.00. The first kappa shape index (κ1) is 17.2. The summed E-state index contributed by atoms with van der Waals surface area (Å²) < 4.78 is 1.99. The van der Waals surface area contributed by atoms with Gasteiger partial charge in [0.05, 0.1) is 17.9 Å². The lowest BCUT2D eigenvalue weighted by Gasteiger charge is -2.14. The van der Waals surface area contributed by atoms with Crippen LogP contribution in [0.5, 0.6) is 0 Å². The summed E-state index contributed by atoms with van der Waals surface area (Å²) in [4.78, 5) is 12.2. The van der Waals surface area contributed by atoms with Crippen LogP contribution < -0.4 is 10.6 Å². The number of aliphatic hydroxyl groups excluding tert-OH is 1. The van der Waals surface area contributed by atoms with E-state index in [4.69, 9.17) is 5.11 Å². The molecule has 1 amide bonds. The Labute approximate surface area is 151 Å². The van der Waals surface area contributed by atoms with Crippen molar-refractivity contribution in [3.05, 3.63) is 55.6 Å². The molecule has 0 fully saturated rings. The number of hydrogen-bond donors (Lipinski definition) is 3. The Morgan fingerprint density at radius 2 is 1.95 bits per heavy atom. The van der Waals surface area contributed by atoms with Crippen LogP contribution in [0.4, 0.5) is 11.4 Å². The molecule has 0 spiro atoms. The Balaban J connectivity index is 2.32. The second-order valence-electron chi connectivity index (χ2n) is 4.75. The number of carbonyl (C=O) groups excluding carboxylic acids is 1. The molecule has 0 aromatic heterocycles. The normalized spacial score (nSPS) is 10.4. The van der Waals surface area contributed by atoms with Crippen LogP contribution in [0, 0.1) is 10.5 Å².